The van der Waals surface area contributed by atoms with E-state index in [4.69, 9.17) is 0 Å². The average Bonchev–Trinajstić information content (AvgIpc) is 2.48. The van der Waals surface area contributed by atoms with Gasteiger partial charge in [0.2, 0.25) is 0 Å². The van der Waals surface area contributed by atoms with Crippen LogP contribution >= 0.6 is 0 Å². The molecule has 3 heteroatoms. The molecule has 0 aliphatic heterocycles. The van der Waals surface area contributed by atoms with Gasteiger partial charge in [-0.15, -0.1) is 0 Å². The topological polar surface area (TPSA) is 37.3 Å². The van der Waals surface area contributed by atoms with Crippen molar-refractivity contribution in [1.82, 2.24) is 0 Å². The SMILES string of the molecule is C=C(C[C@@H](O)c1ccccc1)S(=O)c1ccccc1. The molecule has 2 rings (SSSR count). The van der Waals surface area contributed by atoms with E-state index in [1.165, 1.54) is 0 Å². The van der Waals surface area contributed by atoms with Crippen LogP contribution in [0.1, 0.15) is 18.1 Å². The Hall–Kier alpha value is -1.71. The highest BCUT2D eigenvalue weighted by atomic mass is 32.2. The molecule has 2 aromatic carbocycles. The number of hydrogen-bond acceptors (Lipinski definition) is 2. The van der Waals surface area contributed by atoms with E-state index in [2.05, 4.69) is 6.58 Å². The monoisotopic (exact) mass is 272 g/mol. The normalized spacial score (nSPS) is 13.7. The summed E-state index contributed by atoms with van der Waals surface area (Å²) in [6.45, 7) is 3.84. The second kappa shape index (κ2) is 6.45. The van der Waals surface area contributed by atoms with Crippen molar-refractivity contribution in [3.63, 3.8) is 0 Å². The van der Waals surface area contributed by atoms with Crippen molar-refractivity contribution in [2.45, 2.75) is 17.4 Å². The third-order valence-corrected chi connectivity index (χ3v) is 4.22. The number of hydrogen-bond donors (Lipinski definition) is 1. The summed E-state index contributed by atoms with van der Waals surface area (Å²) in [4.78, 5) is 1.25. The smallest absolute Gasteiger partial charge is 0.0836 e. The van der Waals surface area contributed by atoms with Crippen molar-refractivity contribution in [3.8, 4) is 0 Å². The summed E-state index contributed by atoms with van der Waals surface area (Å²) in [5, 5.41) is 10.1. The van der Waals surface area contributed by atoms with E-state index in [-0.39, 0.29) is 0 Å². The molecule has 2 aromatic rings. The van der Waals surface area contributed by atoms with Crippen LogP contribution < -0.4 is 0 Å². The number of aliphatic hydroxyl groups excluding tert-OH is 1. The van der Waals surface area contributed by atoms with Crippen molar-refractivity contribution in [2.75, 3.05) is 0 Å². The molecule has 0 saturated carbocycles. The number of rotatable bonds is 5. The van der Waals surface area contributed by atoms with Gasteiger partial charge in [-0.2, -0.15) is 0 Å². The fraction of sp³-hybridized carbons (Fsp3) is 0.125. The Morgan fingerprint density at radius 2 is 1.58 bits per heavy atom. The predicted octanol–water partition coefficient (Wildman–Crippen LogP) is 3.43. The van der Waals surface area contributed by atoms with E-state index in [9.17, 15) is 9.32 Å². The minimum Gasteiger partial charge on any atom is -0.388 e. The van der Waals surface area contributed by atoms with E-state index in [1.807, 2.05) is 48.5 Å². The van der Waals surface area contributed by atoms with Crippen molar-refractivity contribution >= 4 is 10.8 Å². The van der Waals surface area contributed by atoms with Crippen LogP contribution in [-0.2, 0) is 10.8 Å². The van der Waals surface area contributed by atoms with Crippen LogP contribution in [-0.4, -0.2) is 9.32 Å². The zero-order chi connectivity index (χ0) is 13.7. The number of benzene rings is 2. The van der Waals surface area contributed by atoms with Gasteiger partial charge < -0.3 is 5.11 Å². The molecule has 0 radical (unpaired) electrons. The molecular weight excluding hydrogens is 256 g/mol. The summed E-state index contributed by atoms with van der Waals surface area (Å²) in [7, 11) is -1.28. The average molecular weight is 272 g/mol. The van der Waals surface area contributed by atoms with Gasteiger partial charge in [0.1, 0.15) is 0 Å². The van der Waals surface area contributed by atoms with Gasteiger partial charge in [0.15, 0.2) is 0 Å². The minimum atomic E-state index is -1.28. The van der Waals surface area contributed by atoms with Gasteiger partial charge in [0, 0.05) is 16.2 Å². The third-order valence-electron chi connectivity index (χ3n) is 2.82. The molecule has 0 aromatic heterocycles. The Kier molecular flexibility index (Phi) is 4.66. The van der Waals surface area contributed by atoms with Crippen molar-refractivity contribution in [1.29, 1.82) is 0 Å². The lowest BCUT2D eigenvalue weighted by Crippen LogP contribution is -2.03. The van der Waals surface area contributed by atoms with Crippen LogP contribution in [0.3, 0.4) is 0 Å². The first-order valence-corrected chi connectivity index (χ1v) is 7.21. The summed E-state index contributed by atoms with van der Waals surface area (Å²) in [5.74, 6) is 0. The largest absolute Gasteiger partial charge is 0.388 e. The summed E-state index contributed by atoms with van der Waals surface area (Å²) in [6, 6.07) is 18.5. The first-order valence-electron chi connectivity index (χ1n) is 6.06. The lowest BCUT2D eigenvalue weighted by molar-refractivity contribution is 0.180. The van der Waals surface area contributed by atoms with Gasteiger partial charge in [-0.25, -0.2) is 4.21 Å². The van der Waals surface area contributed by atoms with E-state index in [0.717, 1.165) is 5.56 Å². The first-order chi connectivity index (χ1) is 9.18. The molecule has 0 amide bonds. The van der Waals surface area contributed by atoms with Gasteiger partial charge in [-0.05, 0) is 17.7 Å². The summed E-state index contributed by atoms with van der Waals surface area (Å²) in [5.41, 5.74) is 0.814. The number of aliphatic hydroxyl groups is 1. The summed E-state index contributed by atoms with van der Waals surface area (Å²) >= 11 is 0. The van der Waals surface area contributed by atoms with Crippen molar-refractivity contribution in [2.24, 2.45) is 0 Å². The lowest BCUT2D eigenvalue weighted by atomic mass is 10.1. The van der Waals surface area contributed by atoms with Crippen molar-refractivity contribution in [3.05, 3.63) is 77.7 Å². The maximum absolute atomic E-state index is 12.2. The molecule has 0 aliphatic rings. The van der Waals surface area contributed by atoms with Crippen LogP contribution in [0.5, 0.6) is 0 Å². The molecule has 19 heavy (non-hydrogen) atoms. The van der Waals surface area contributed by atoms with Gasteiger partial charge in [0.25, 0.3) is 0 Å². The second-order valence-electron chi connectivity index (χ2n) is 4.25. The predicted molar refractivity (Wildman–Crippen MR) is 78.0 cm³/mol. The van der Waals surface area contributed by atoms with Crippen LogP contribution in [0.25, 0.3) is 0 Å². The molecule has 0 aliphatic carbocycles. The zero-order valence-electron chi connectivity index (χ0n) is 10.5. The molecule has 0 heterocycles. The summed E-state index contributed by atoms with van der Waals surface area (Å²) in [6.07, 6.45) is -0.368. The quantitative estimate of drug-likeness (QED) is 0.905. The molecule has 0 spiro atoms. The minimum absolute atomic E-state index is 0.297. The zero-order valence-corrected chi connectivity index (χ0v) is 11.3. The highest BCUT2D eigenvalue weighted by Gasteiger charge is 2.14. The van der Waals surface area contributed by atoms with E-state index >= 15 is 0 Å². The van der Waals surface area contributed by atoms with Crippen LogP contribution in [0.4, 0.5) is 0 Å². The molecule has 1 N–H and O–H groups in total. The molecular formula is C16H16O2S. The molecule has 2 atom stereocenters. The fourth-order valence-electron chi connectivity index (χ4n) is 1.80. The van der Waals surface area contributed by atoms with Gasteiger partial charge in [-0.1, -0.05) is 55.1 Å². The second-order valence-corrected chi connectivity index (χ2v) is 5.84. The Labute approximate surface area is 115 Å². The maximum Gasteiger partial charge on any atom is 0.0836 e. The standard InChI is InChI=1S/C16H16O2S/c1-13(19(18)15-10-6-3-7-11-15)12-16(17)14-8-4-2-5-9-14/h2-11,16-17H,1,12H2/t16-,19?/m1/s1. The third kappa shape index (κ3) is 3.63. The first kappa shape index (κ1) is 13.7. The van der Waals surface area contributed by atoms with Crippen LogP contribution in [0.2, 0.25) is 0 Å². The molecule has 0 bridgehead atoms. The molecule has 0 saturated heterocycles. The van der Waals surface area contributed by atoms with Gasteiger partial charge >= 0.3 is 0 Å². The lowest BCUT2D eigenvalue weighted by Gasteiger charge is -2.12. The van der Waals surface area contributed by atoms with Crippen LogP contribution in [0, 0.1) is 0 Å². The van der Waals surface area contributed by atoms with E-state index < -0.39 is 16.9 Å². The maximum atomic E-state index is 12.2. The van der Waals surface area contributed by atoms with E-state index in [0.29, 0.717) is 16.2 Å². The van der Waals surface area contributed by atoms with Crippen LogP contribution in [0.15, 0.2) is 77.0 Å². The Balaban J connectivity index is 2.04. The fourth-order valence-corrected chi connectivity index (χ4v) is 2.84. The van der Waals surface area contributed by atoms with E-state index in [1.54, 1.807) is 12.1 Å². The van der Waals surface area contributed by atoms with Gasteiger partial charge in [0.05, 0.1) is 16.9 Å². The molecule has 0 fully saturated rings. The highest BCUT2D eigenvalue weighted by Crippen LogP contribution is 2.24. The Morgan fingerprint density at radius 1 is 1.05 bits per heavy atom. The Bertz CT molecular complexity index is 564. The molecule has 2 nitrogen and oxygen atoms in total. The molecule has 1 unspecified atom stereocenters. The molecule has 98 valence electrons. The van der Waals surface area contributed by atoms with Crippen molar-refractivity contribution < 1.29 is 9.32 Å². The summed E-state index contributed by atoms with van der Waals surface area (Å²) < 4.78 is 12.2. The highest BCUT2D eigenvalue weighted by molar-refractivity contribution is 7.89. The Morgan fingerprint density at radius 3 is 2.16 bits per heavy atom. The van der Waals surface area contributed by atoms with Gasteiger partial charge in [-0.3, -0.25) is 0 Å².